The summed E-state index contributed by atoms with van der Waals surface area (Å²) in [6, 6.07) is 7.30. The lowest BCUT2D eigenvalue weighted by Crippen LogP contribution is -2.28. The Morgan fingerprint density at radius 3 is 3.07 bits per heavy atom. The standard InChI is InChI=1S/C21H26N4O4/c1-28-18-7-4-5-17(10-18)25-12-15(9-20(25)26)21(27)23-16-11-22-24(13-16)14-19-6-2-3-8-29-19/h4-5,7,10-11,13,15,19H,2-3,6,8-9,12,14H2,1H3,(H,23,27). The van der Waals surface area contributed by atoms with Gasteiger partial charge in [-0.25, -0.2) is 0 Å². The third-order valence-corrected chi connectivity index (χ3v) is 5.43. The van der Waals surface area contributed by atoms with E-state index in [0.29, 0.717) is 24.5 Å². The quantitative estimate of drug-likeness (QED) is 0.808. The van der Waals surface area contributed by atoms with Crippen LogP contribution in [0.5, 0.6) is 5.75 Å². The molecule has 0 saturated carbocycles. The van der Waals surface area contributed by atoms with E-state index in [4.69, 9.17) is 9.47 Å². The number of ether oxygens (including phenoxy) is 2. The molecule has 2 aromatic rings. The van der Waals surface area contributed by atoms with Gasteiger partial charge < -0.3 is 19.7 Å². The molecule has 154 valence electrons. The zero-order chi connectivity index (χ0) is 20.2. The van der Waals surface area contributed by atoms with E-state index in [1.54, 1.807) is 29.0 Å². The maximum absolute atomic E-state index is 12.7. The Bertz CT molecular complexity index is 875. The molecule has 2 saturated heterocycles. The van der Waals surface area contributed by atoms with Crippen molar-refractivity contribution >= 4 is 23.2 Å². The van der Waals surface area contributed by atoms with Gasteiger partial charge in [-0.1, -0.05) is 6.07 Å². The molecular weight excluding hydrogens is 372 g/mol. The van der Waals surface area contributed by atoms with Gasteiger partial charge in [-0.2, -0.15) is 5.10 Å². The Hall–Kier alpha value is -2.87. The van der Waals surface area contributed by atoms with E-state index in [2.05, 4.69) is 10.4 Å². The molecule has 2 aliphatic rings. The number of carbonyl (C=O) groups is 2. The molecule has 29 heavy (non-hydrogen) atoms. The molecule has 0 radical (unpaired) electrons. The average Bonchev–Trinajstić information content (AvgIpc) is 3.35. The molecule has 2 unspecified atom stereocenters. The zero-order valence-corrected chi connectivity index (χ0v) is 16.5. The van der Waals surface area contributed by atoms with Crippen molar-refractivity contribution in [2.24, 2.45) is 5.92 Å². The van der Waals surface area contributed by atoms with Gasteiger partial charge in [-0.3, -0.25) is 14.3 Å². The average molecular weight is 398 g/mol. The van der Waals surface area contributed by atoms with Crippen LogP contribution < -0.4 is 15.0 Å². The van der Waals surface area contributed by atoms with E-state index < -0.39 is 5.92 Å². The molecule has 8 heteroatoms. The predicted octanol–water partition coefficient (Wildman–Crippen LogP) is 2.45. The molecule has 2 aliphatic heterocycles. The fourth-order valence-corrected chi connectivity index (χ4v) is 3.84. The number of hydrogen-bond acceptors (Lipinski definition) is 5. The van der Waals surface area contributed by atoms with E-state index in [0.717, 1.165) is 25.1 Å². The smallest absolute Gasteiger partial charge is 0.229 e. The summed E-state index contributed by atoms with van der Waals surface area (Å²) in [5.74, 6) is 0.0389. The van der Waals surface area contributed by atoms with Gasteiger partial charge in [0.25, 0.3) is 0 Å². The molecule has 3 heterocycles. The molecule has 2 atom stereocenters. The van der Waals surface area contributed by atoms with Crippen LogP contribution in [0.25, 0.3) is 0 Å². The molecule has 8 nitrogen and oxygen atoms in total. The molecule has 1 N–H and O–H groups in total. The third-order valence-electron chi connectivity index (χ3n) is 5.43. The highest BCUT2D eigenvalue weighted by Gasteiger charge is 2.35. The lowest BCUT2D eigenvalue weighted by molar-refractivity contribution is -0.122. The molecule has 2 fully saturated rings. The molecule has 0 aliphatic carbocycles. The predicted molar refractivity (Wildman–Crippen MR) is 108 cm³/mol. The van der Waals surface area contributed by atoms with Crippen molar-refractivity contribution in [3.05, 3.63) is 36.7 Å². The summed E-state index contributed by atoms with van der Waals surface area (Å²) >= 11 is 0. The van der Waals surface area contributed by atoms with E-state index in [-0.39, 0.29) is 24.3 Å². The third kappa shape index (κ3) is 4.59. The highest BCUT2D eigenvalue weighted by molar-refractivity contribution is 6.03. The fraction of sp³-hybridized carbons (Fsp3) is 0.476. The van der Waals surface area contributed by atoms with Crippen LogP contribution in [-0.4, -0.2) is 48.0 Å². The van der Waals surface area contributed by atoms with E-state index >= 15 is 0 Å². The van der Waals surface area contributed by atoms with Crippen LogP contribution in [0.2, 0.25) is 0 Å². The second-order valence-corrected chi connectivity index (χ2v) is 7.54. The highest BCUT2D eigenvalue weighted by atomic mass is 16.5. The first-order valence-electron chi connectivity index (χ1n) is 10.0. The molecule has 4 rings (SSSR count). The number of anilines is 2. The summed E-state index contributed by atoms with van der Waals surface area (Å²) in [6.07, 6.45) is 7.14. The first-order chi connectivity index (χ1) is 14.1. The summed E-state index contributed by atoms with van der Waals surface area (Å²) in [6.45, 7) is 1.83. The summed E-state index contributed by atoms with van der Waals surface area (Å²) in [5, 5.41) is 7.21. The lowest BCUT2D eigenvalue weighted by Gasteiger charge is -2.22. The minimum absolute atomic E-state index is 0.0662. The largest absolute Gasteiger partial charge is 0.497 e. The monoisotopic (exact) mass is 398 g/mol. The molecule has 1 aromatic carbocycles. The number of nitrogens with one attached hydrogen (secondary N) is 1. The van der Waals surface area contributed by atoms with Crippen molar-refractivity contribution in [1.29, 1.82) is 0 Å². The second-order valence-electron chi connectivity index (χ2n) is 7.54. The SMILES string of the molecule is COc1cccc(N2CC(C(=O)Nc3cnn(CC4CCCCO4)c3)CC2=O)c1. The number of methoxy groups -OCH3 is 1. The van der Waals surface area contributed by atoms with Gasteiger partial charge in [-0.05, 0) is 31.4 Å². The first-order valence-corrected chi connectivity index (χ1v) is 10.0. The van der Waals surface area contributed by atoms with E-state index in [1.165, 1.54) is 6.42 Å². The number of nitrogens with zero attached hydrogens (tertiary/aromatic N) is 3. The van der Waals surface area contributed by atoms with Crippen LogP contribution in [0.15, 0.2) is 36.7 Å². The van der Waals surface area contributed by atoms with Gasteiger partial charge in [-0.15, -0.1) is 0 Å². The zero-order valence-electron chi connectivity index (χ0n) is 16.5. The van der Waals surface area contributed by atoms with Crippen LogP contribution in [0, 0.1) is 5.92 Å². The van der Waals surface area contributed by atoms with Crippen LogP contribution in [0.3, 0.4) is 0 Å². The number of benzene rings is 1. The fourth-order valence-electron chi connectivity index (χ4n) is 3.84. The van der Waals surface area contributed by atoms with Gasteiger partial charge in [0, 0.05) is 37.5 Å². The normalized spacial score (nSPS) is 22.0. The van der Waals surface area contributed by atoms with Crippen molar-refractivity contribution in [1.82, 2.24) is 9.78 Å². The molecule has 2 amide bonds. The van der Waals surface area contributed by atoms with Gasteiger partial charge in [0.15, 0.2) is 0 Å². The van der Waals surface area contributed by atoms with Gasteiger partial charge in [0.05, 0.1) is 37.6 Å². The van der Waals surface area contributed by atoms with E-state index in [1.807, 2.05) is 24.4 Å². The van der Waals surface area contributed by atoms with Crippen molar-refractivity contribution in [3.63, 3.8) is 0 Å². The Labute approximate surface area is 169 Å². The van der Waals surface area contributed by atoms with Crippen LogP contribution in [-0.2, 0) is 20.9 Å². The van der Waals surface area contributed by atoms with Gasteiger partial charge >= 0.3 is 0 Å². The number of aromatic nitrogens is 2. The van der Waals surface area contributed by atoms with Gasteiger partial charge in [0.2, 0.25) is 11.8 Å². The molecule has 0 bridgehead atoms. The molecule has 1 aromatic heterocycles. The number of rotatable bonds is 6. The Balaban J connectivity index is 1.35. The van der Waals surface area contributed by atoms with Crippen LogP contribution in [0.4, 0.5) is 11.4 Å². The summed E-state index contributed by atoms with van der Waals surface area (Å²) in [4.78, 5) is 26.8. The van der Waals surface area contributed by atoms with Crippen LogP contribution in [0.1, 0.15) is 25.7 Å². The molecular formula is C21H26N4O4. The Kier molecular flexibility index (Phi) is 5.80. The van der Waals surface area contributed by atoms with Crippen molar-refractivity contribution in [2.45, 2.75) is 38.3 Å². The first kappa shape index (κ1) is 19.4. The number of carbonyl (C=O) groups excluding carboxylic acids is 2. The van der Waals surface area contributed by atoms with Crippen molar-refractivity contribution in [3.8, 4) is 5.75 Å². The topological polar surface area (TPSA) is 85.7 Å². The second kappa shape index (κ2) is 8.65. The summed E-state index contributed by atoms with van der Waals surface area (Å²) < 4.78 is 12.8. The Morgan fingerprint density at radius 1 is 1.38 bits per heavy atom. The highest BCUT2D eigenvalue weighted by Crippen LogP contribution is 2.28. The van der Waals surface area contributed by atoms with E-state index in [9.17, 15) is 9.59 Å². The number of hydrogen-bond donors (Lipinski definition) is 1. The van der Waals surface area contributed by atoms with Crippen molar-refractivity contribution < 1.29 is 19.1 Å². The number of amides is 2. The lowest BCUT2D eigenvalue weighted by atomic mass is 10.1. The van der Waals surface area contributed by atoms with Crippen molar-refractivity contribution in [2.75, 3.05) is 30.5 Å². The summed E-state index contributed by atoms with van der Waals surface area (Å²) in [7, 11) is 1.59. The molecule has 0 spiro atoms. The maximum atomic E-state index is 12.7. The van der Waals surface area contributed by atoms with Crippen LogP contribution >= 0.6 is 0 Å². The summed E-state index contributed by atoms with van der Waals surface area (Å²) in [5.41, 5.74) is 1.38. The minimum atomic E-state index is -0.404. The van der Waals surface area contributed by atoms with Gasteiger partial charge in [0.1, 0.15) is 5.75 Å². The Morgan fingerprint density at radius 2 is 2.28 bits per heavy atom. The minimum Gasteiger partial charge on any atom is -0.497 e. The maximum Gasteiger partial charge on any atom is 0.229 e.